The van der Waals surface area contributed by atoms with Crippen LogP contribution in [0, 0.1) is 5.92 Å². The molecule has 2 fully saturated rings. The van der Waals surface area contributed by atoms with Crippen LogP contribution in [0.3, 0.4) is 0 Å². The Morgan fingerprint density at radius 3 is 2.10 bits per heavy atom. The molecule has 0 saturated carbocycles. The van der Waals surface area contributed by atoms with Crippen LogP contribution in [0.2, 0.25) is 5.02 Å². The Kier molecular flexibility index (Phi) is 4.87. The zero-order valence-corrected chi connectivity index (χ0v) is 16.8. The third kappa shape index (κ3) is 3.21. The van der Waals surface area contributed by atoms with Crippen molar-refractivity contribution in [3.05, 3.63) is 101 Å². The molecule has 2 heterocycles. The van der Waals surface area contributed by atoms with E-state index in [4.69, 9.17) is 16.4 Å². The minimum Gasteiger partial charge on any atom is -0.284 e. The smallest absolute Gasteiger partial charge is 0.265 e. The van der Waals surface area contributed by atoms with Crippen molar-refractivity contribution in [2.45, 2.75) is 18.7 Å². The summed E-state index contributed by atoms with van der Waals surface area (Å²) in [5.74, 6) is -1.21. The molecule has 0 aliphatic carbocycles. The lowest BCUT2D eigenvalue weighted by atomic mass is 9.90. The fourth-order valence-electron chi connectivity index (χ4n) is 4.24. The summed E-state index contributed by atoms with van der Waals surface area (Å²) in [5.41, 5.74) is 2.50. The van der Waals surface area contributed by atoms with E-state index in [9.17, 15) is 9.59 Å². The van der Waals surface area contributed by atoms with E-state index >= 15 is 0 Å². The molecular formula is C24H19ClN2O3. The number of nitrogens with zero attached hydrogens (tertiary/aromatic N) is 2. The van der Waals surface area contributed by atoms with Gasteiger partial charge in [0.1, 0.15) is 0 Å². The summed E-state index contributed by atoms with van der Waals surface area (Å²) in [6.45, 7) is 0.481. The largest absolute Gasteiger partial charge is 0.284 e. The van der Waals surface area contributed by atoms with Gasteiger partial charge in [-0.05, 0) is 35.4 Å². The monoisotopic (exact) mass is 418 g/mol. The molecule has 2 saturated heterocycles. The summed E-state index contributed by atoms with van der Waals surface area (Å²) in [6, 6.07) is 26.0. The second-order valence-electron chi connectivity index (χ2n) is 7.46. The average molecular weight is 419 g/mol. The van der Waals surface area contributed by atoms with Crippen molar-refractivity contribution >= 4 is 29.1 Å². The first-order chi connectivity index (χ1) is 14.6. The predicted octanol–water partition coefficient (Wildman–Crippen LogP) is 4.39. The maximum absolute atomic E-state index is 13.4. The molecule has 3 aromatic carbocycles. The van der Waals surface area contributed by atoms with Crippen molar-refractivity contribution in [3.8, 4) is 0 Å². The van der Waals surface area contributed by atoms with E-state index < -0.39 is 12.0 Å². The van der Waals surface area contributed by atoms with Gasteiger partial charge in [-0.15, -0.1) is 0 Å². The number of hydroxylamine groups is 2. The highest BCUT2D eigenvalue weighted by atomic mass is 35.5. The second-order valence-corrected chi connectivity index (χ2v) is 7.89. The lowest BCUT2D eigenvalue weighted by Crippen LogP contribution is -2.37. The zero-order chi connectivity index (χ0) is 20.7. The molecule has 5 nitrogen and oxygen atoms in total. The van der Waals surface area contributed by atoms with Crippen LogP contribution in [0.1, 0.15) is 17.2 Å². The van der Waals surface area contributed by atoms with Gasteiger partial charge >= 0.3 is 0 Å². The number of amides is 2. The minimum atomic E-state index is -0.845. The average Bonchev–Trinajstić information content (AvgIpc) is 3.25. The summed E-state index contributed by atoms with van der Waals surface area (Å²) < 4.78 is 0. The molecule has 3 unspecified atom stereocenters. The number of carbonyl (C=O) groups is 2. The van der Waals surface area contributed by atoms with Crippen LogP contribution in [0.5, 0.6) is 0 Å². The third-order valence-corrected chi connectivity index (χ3v) is 5.85. The number of imide groups is 1. The highest BCUT2D eigenvalue weighted by Gasteiger charge is 2.59. The van der Waals surface area contributed by atoms with Gasteiger partial charge in [0.05, 0.1) is 17.6 Å². The van der Waals surface area contributed by atoms with E-state index in [1.54, 1.807) is 29.3 Å². The van der Waals surface area contributed by atoms with Gasteiger partial charge in [0, 0.05) is 11.6 Å². The molecule has 3 atom stereocenters. The van der Waals surface area contributed by atoms with Gasteiger partial charge in [-0.3, -0.25) is 14.4 Å². The van der Waals surface area contributed by atoms with E-state index in [-0.39, 0.29) is 17.9 Å². The van der Waals surface area contributed by atoms with E-state index in [1.807, 2.05) is 60.7 Å². The van der Waals surface area contributed by atoms with Gasteiger partial charge in [-0.25, -0.2) is 4.90 Å². The van der Waals surface area contributed by atoms with Gasteiger partial charge in [-0.1, -0.05) is 72.3 Å². The van der Waals surface area contributed by atoms with Crippen molar-refractivity contribution in [1.82, 2.24) is 5.06 Å². The van der Waals surface area contributed by atoms with Crippen LogP contribution >= 0.6 is 11.6 Å². The lowest BCUT2D eigenvalue weighted by Gasteiger charge is -2.27. The van der Waals surface area contributed by atoms with E-state index in [1.165, 1.54) is 4.90 Å². The maximum atomic E-state index is 13.4. The van der Waals surface area contributed by atoms with Gasteiger partial charge in [0.25, 0.3) is 5.91 Å². The minimum absolute atomic E-state index is 0.253. The summed E-state index contributed by atoms with van der Waals surface area (Å²) in [7, 11) is 0. The van der Waals surface area contributed by atoms with Crippen molar-refractivity contribution in [1.29, 1.82) is 0 Å². The Bertz CT molecular complexity index is 1070. The molecule has 0 spiro atoms. The summed E-state index contributed by atoms with van der Waals surface area (Å²) >= 11 is 5.97. The van der Waals surface area contributed by atoms with E-state index in [0.717, 1.165) is 11.1 Å². The molecule has 3 aromatic rings. The Labute approximate surface area is 179 Å². The van der Waals surface area contributed by atoms with Crippen LogP contribution in [0.25, 0.3) is 0 Å². The first-order valence-electron chi connectivity index (χ1n) is 9.79. The molecule has 0 bridgehead atoms. The fraction of sp³-hybridized carbons (Fsp3) is 0.167. The zero-order valence-electron chi connectivity index (χ0n) is 16.0. The van der Waals surface area contributed by atoms with Gasteiger partial charge < -0.3 is 0 Å². The fourth-order valence-corrected chi connectivity index (χ4v) is 4.36. The Morgan fingerprint density at radius 2 is 1.43 bits per heavy atom. The molecule has 0 radical (unpaired) electrons. The van der Waals surface area contributed by atoms with Crippen molar-refractivity contribution in [3.63, 3.8) is 0 Å². The number of benzene rings is 3. The summed E-state index contributed by atoms with van der Waals surface area (Å²) in [5, 5.41) is 2.32. The van der Waals surface area contributed by atoms with Crippen LogP contribution in [-0.2, 0) is 21.0 Å². The molecule has 150 valence electrons. The first-order valence-corrected chi connectivity index (χ1v) is 10.2. The molecule has 2 aliphatic rings. The normalized spacial score (nSPS) is 23.8. The third-order valence-electron chi connectivity index (χ3n) is 5.60. The lowest BCUT2D eigenvalue weighted by molar-refractivity contribution is -0.177. The number of carbonyl (C=O) groups excluding carboxylic acids is 2. The summed E-state index contributed by atoms with van der Waals surface area (Å²) in [6.07, 6.45) is -0.845. The van der Waals surface area contributed by atoms with Gasteiger partial charge in [0.2, 0.25) is 5.91 Å². The van der Waals surface area contributed by atoms with Gasteiger partial charge in [-0.2, -0.15) is 5.06 Å². The first kappa shape index (κ1) is 19.0. The summed E-state index contributed by atoms with van der Waals surface area (Å²) in [4.78, 5) is 33.9. The number of rotatable bonds is 4. The Hall–Kier alpha value is -2.99. The Balaban J connectivity index is 1.51. The number of fused-ring (bicyclic) bond motifs is 1. The van der Waals surface area contributed by atoms with E-state index in [0.29, 0.717) is 17.3 Å². The van der Waals surface area contributed by atoms with Crippen molar-refractivity contribution in [2.24, 2.45) is 5.92 Å². The number of hydrogen-bond donors (Lipinski definition) is 0. The van der Waals surface area contributed by atoms with Crippen LogP contribution < -0.4 is 4.90 Å². The maximum Gasteiger partial charge on any atom is 0.265 e. The highest BCUT2D eigenvalue weighted by molar-refractivity contribution is 6.31. The molecule has 2 amide bonds. The molecular weight excluding hydrogens is 400 g/mol. The number of hydrogen-bond acceptors (Lipinski definition) is 4. The molecule has 6 heteroatoms. The second kappa shape index (κ2) is 7.69. The van der Waals surface area contributed by atoms with E-state index in [2.05, 4.69) is 0 Å². The van der Waals surface area contributed by atoms with Crippen LogP contribution in [0.15, 0.2) is 84.9 Å². The van der Waals surface area contributed by atoms with Crippen molar-refractivity contribution in [2.75, 3.05) is 4.90 Å². The molecule has 2 aliphatic heterocycles. The standard InChI is InChI=1S/C24H19ClN2O3/c25-18-11-13-19(14-12-18)27-23(28)20-21(17-9-5-2-6-10-17)26(30-22(20)24(27)29)15-16-7-3-1-4-8-16/h1-14,20-22H,15H2. The SMILES string of the molecule is O=C1C2ON(Cc3ccccc3)C(c3ccccc3)C2C(=O)N1c1ccc(Cl)cc1. The topological polar surface area (TPSA) is 49.9 Å². The molecule has 0 N–H and O–H groups in total. The molecule has 0 aromatic heterocycles. The number of halogens is 1. The van der Waals surface area contributed by atoms with Crippen LogP contribution in [0.4, 0.5) is 5.69 Å². The Morgan fingerprint density at radius 1 is 0.800 bits per heavy atom. The quantitative estimate of drug-likeness (QED) is 0.590. The van der Waals surface area contributed by atoms with Crippen LogP contribution in [-0.4, -0.2) is 23.0 Å². The number of anilines is 1. The molecule has 5 rings (SSSR count). The van der Waals surface area contributed by atoms with Crippen molar-refractivity contribution < 1.29 is 14.4 Å². The molecule has 30 heavy (non-hydrogen) atoms. The predicted molar refractivity (Wildman–Crippen MR) is 113 cm³/mol. The van der Waals surface area contributed by atoms with Gasteiger partial charge in [0.15, 0.2) is 6.10 Å². The highest BCUT2D eigenvalue weighted by Crippen LogP contribution is 2.46.